The van der Waals surface area contributed by atoms with Crippen molar-refractivity contribution in [1.29, 1.82) is 0 Å². The summed E-state index contributed by atoms with van der Waals surface area (Å²) in [6, 6.07) is 9.18. The maximum absolute atomic E-state index is 2.30. The lowest BCUT2D eigenvalue weighted by atomic mass is 10.00. The van der Waals surface area contributed by atoms with Gasteiger partial charge in [0.25, 0.3) is 0 Å². The zero-order valence-electron chi connectivity index (χ0n) is 11.3. The number of hydrogen-bond donors (Lipinski definition) is 0. The summed E-state index contributed by atoms with van der Waals surface area (Å²) >= 11 is 7.50. The van der Waals surface area contributed by atoms with E-state index in [0.717, 1.165) is 0 Å². The minimum atomic E-state index is 1.42. The van der Waals surface area contributed by atoms with Gasteiger partial charge >= 0.3 is 0 Å². The molecule has 0 amide bonds. The third-order valence-electron chi connectivity index (χ3n) is 4.39. The van der Waals surface area contributed by atoms with Crippen molar-refractivity contribution in [1.82, 2.24) is 0 Å². The number of fused-ring (bicyclic) bond motifs is 11. The van der Waals surface area contributed by atoms with E-state index in [1.807, 2.05) is 45.3 Å². The molecule has 4 heterocycles. The van der Waals surface area contributed by atoms with E-state index < -0.39 is 0 Å². The molecule has 0 fully saturated rings. The van der Waals surface area contributed by atoms with Crippen LogP contribution < -0.4 is 0 Å². The molecular formula is C18H8S4. The second kappa shape index (κ2) is 4.09. The van der Waals surface area contributed by atoms with E-state index in [4.69, 9.17) is 0 Å². The first-order chi connectivity index (χ1) is 10.9. The third kappa shape index (κ3) is 1.29. The normalized spacial score (nSPS) is 12.5. The Hall–Kier alpha value is -1.46. The first kappa shape index (κ1) is 12.0. The van der Waals surface area contributed by atoms with Crippen molar-refractivity contribution >= 4 is 96.5 Å². The van der Waals surface area contributed by atoms with Crippen molar-refractivity contribution in [2.24, 2.45) is 0 Å². The topological polar surface area (TPSA) is 0 Å². The van der Waals surface area contributed by atoms with Gasteiger partial charge in [0, 0.05) is 51.1 Å². The quantitative estimate of drug-likeness (QED) is 0.263. The molecule has 0 spiro atoms. The average molecular weight is 353 g/mol. The Morgan fingerprint density at radius 3 is 1.23 bits per heavy atom. The highest BCUT2D eigenvalue weighted by atomic mass is 32.1. The van der Waals surface area contributed by atoms with E-state index >= 15 is 0 Å². The highest BCUT2D eigenvalue weighted by Crippen LogP contribution is 2.48. The Kier molecular flexibility index (Phi) is 2.23. The molecule has 0 bridgehead atoms. The summed E-state index contributed by atoms with van der Waals surface area (Å²) in [5.74, 6) is 0. The summed E-state index contributed by atoms with van der Waals surface area (Å²) in [4.78, 5) is 0. The maximum Gasteiger partial charge on any atom is 0.0442 e. The number of hydrogen-bond acceptors (Lipinski definition) is 4. The molecule has 0 N–H and O–H groups in total. The molecule has 22 heavy (non-hydrogen) atoms. The van der Waals surface area contributed by atoms with Crippen LogP contribution in [0.25, 0.3) is 51.1 Å². The highest BCUT2D eigenvalue weighted by Gasteiger charge is 2.18. The van der Waals surface area contributed by atoms with Crippen LogP contribution in [-0.4, -0.2) is 0 Å². The molecule has 6 aromatic rings. The Morgan fingerprint density at radius 2 is 0.773 bits per heavy atom. The van der Waals surface area contributed by atoms with E-state index in [-0.39, 0.29) is 0 Å². The monoisotopic (exact) mass is 352 g/mol. The van der Waals surface area contributed by atoms with Crippen molar-refractivity contribution in [2.75, 3.05) is 0 Å². The van der Waals surface area contributed by atoms with Gasteiger partial charge in [-0.25, -0.2) is 0 Å². The van der Waals surface area contributed by atoms with Gasteiger partial charge < -0.3 is 0 Å². The molecule has 0 saturated heterocycles. The molecular weight excluding hydrogens is 344 g/mol. The van der Waals surface area contributed by atoms with E-state index in [1.54, 1.807) is 0 Å². The summed E-state index contributed by atoms with van der Waals surface area (Å²) in [7, 11) is 0. The zero-order valence-corrected chi connectivity index (χ0v) is 14.5. The maximum atomic E-state index is 2.30. The number of benzene rings is 2. The van der Waals surface area contributed by atoms with Gasteiger partial charge in [-0.2, -0.15) is 0 Å². The Morgan fingerprint density at radius 1 is 0.409 bits per heavy atom. The van der Waals surface area contributed by atoms with Gasteiger partial charge in [0.15, 0.2) is 0 Å². The minimum absolute atomic E-state index is 1.42. The van der Waals surface area contributed by atoms with Crippen molar-refractivity contribution in [2.45, 2.75) is 0 Å². The van der Waals surface area contributed by atoms with Crippen LogP contribution in [0.15, 0.2) is 45.8 Å². The van der Waals surface area contributed by atoms with Gasteiger partial charge in [0.05, 0.1) is 0 Å². The van der Waals surface area contributed by atoms with Crippen LogP contribution in [0.5, 0.6) is 0 Å². The van der Waals surface area contributed by atoms with Crippen molar-refractivity contribution < 1.29 is 0 Å². The van der Waals surface area contributed by atoms with Crippen LogP contribution in [0.4, 0.5) is 0 Å². The molecule has 0 atom stereocenters. The molecule has 0 radical (unpaired) electrons. The minimum Gasteiger partial charge on any atom is -0.143 e. The molecule has 0 aliphatic carbocycles. The SMILES string of the molecule is c1cc2c(s1)c1ccsc1c1c3ccsc3c3ccsc3c21. The van der Waals surface area contributed by atoms with Gasteiger partial charge in [0.1, 0.15) is 0 Å². The first-order valence-electron chi connectivity index (χ1n) is 7.00. The fourth-order valence-corrected chi connectivity index (χ4v) is 7.47. The molecule has 0 saturated carbocycles. The fourth-order valence-electron chi connectivity index (χ4n) is 3.53. The van der Waals surface area contributed by atoms with Crippen molar-refractivity contribution in [3.05, 3.63) is 45.8 Å². The van der Waals surface area contributed by atoms with Crippen LogP contribution in [0.3, 0.4) is 0 Å². The lowest BCUT2D eigenvalue weighted by Gasteiger charge is -2.07. The number of rotatable bonds is 0. The summed E-state index contributed by atoms with van der Waals surface area (Å²) in [6.45, 7) is 0. The third-order valence-corrected chi connectivity index (χ3v) is 8.15. The van der Waals surface area contributed by atoms with Gasteiger partial charge in [0.2, 0.25) is 0 Å². The molecule has 0 aliphatic heterocycles. The van der Waals surface area contributed by atoms with Gasteiger partial charge in [-0.3, -0.25) is 0 Å². The molecule has 0 unspecified atom stereocenters. The summed E-state index contributed by atoms with van der Waals surface area (Å²) in [5, 5.41) is 17.6. The van der Waals surface area contributed by atoms with Crippen LogP contribution in [-0.2, 0) is 0 Å². The van der Waals surface area contributed by atoms with Gasteiger partial charge in [-0.1, -0.05) is 0 Å². The molecule has 6 rings (SSSR count). The Balaban J connectivity index is 2.19. The van der Waals surface area contributed by atoms with Crippen molar-refractivity contribution in [3.8, 4) is 0 Å². The standard InChI is InChI=1S/C18H8S4/c1-5-19-15-9(1)13-14(18-11(15)3-7-22-18)10-2-6-20-16(10)12-4-8-21-17(12)13/h1-8H. The molecule has 4 aromatic heterocycles. The van der Waals surface area contributed by atoms with E-state index in [0.29, 0.717) is 0 Å². The summed E-state index contributed by atoms with van der Waals surface area (Å²) in [5.41, 5.74) is 0. The molecule has 0 nitrogen and oxygen atoms in total. The molecule has 104 valence electrons. The lowest BCUT2D eigenvalue weighted by molar-refractivity contribution is 2.10. The second-order valence-electron chi connectivity index (χ2n) is 5.40. The highest BCUT2D eigenvalue weighted by molar-refractivity contribution is 7.24. The average Bonchev–Trinajstić information content (AvgIpc) is 3.28. The van der Waals surface area contributed by atoms with Crippen molar-refractivity contribution in [3.63, 3.8) is 0 Å². The van der Waals surface area contributed by atoms with E-state index in [9.17, 15) is 0 Å². The lowest BCUT2D eigenvalue weighted by Crippen LogP contribution is -1.78. The Bertz CT molecular complexity index is 1120. The van der Waals surface area contributed by atoms with E-state index in [2.05, 4.69) is 45.8 Å². The van der Waals surface area contributed by atoms with Crippen LogP contribution in [0.2, 0.25) is 0 Å². The predicted molar refractivity (Wildman–Crippen MR) is 105 cm³/mol. The largest absolute Gasteiger partial charge is 0.143 e. The number of thiophene rings is 4. The molecule has 4 heteroatoms. The fraction of sp³-hybridized carbons (Fsp3) is 0. The molecule has 0 aliphatic rings. The van der Waals surface area contributed by atoms with Gasteiger partial charge in [-0.15, -0.1) is 45.3 Å². The van der Waals surface area contributed by atoms with Crippen LogP contribution in [0.1, 0.15) is 0 Å². The summed E-state index contributed by atoms with van der Waals surface area (Å²) in [6.07, 6.45) is 0. The second-order valence-corrected chi connectivity index (χ2v) is 9.07. The van der Waals surface area contributed by atoms with Crippen LogP contribution >= 0.6 is 45.3 Å². The Labute approximate surface area is 141 Å². The smallest absolute Gasteiger partial charge is 0.0442 e. The molecule has 2 aromatic carbocycles. The first-order valence-corrected chi connectivity index (χ1v) is 10.5. The van der Waals surface area contributed by atoms with Gasteiger partial charge in [-0.05, 0) is 45.8 Å². The van der Waals surface area contributed by atoms with E-state index in [1.165, 1.54) is 51.1 Å². The summed E-state index contributed by atoms with van der Waals surface area (Å²) < 4.78 is 5.77. The zero-order chi connectivity index (χ0) is 14.3. The van der Waals surface area contributed by atoms with Crippen LogP contribution in [0, 0.1) is 0 Å². The predicted octanol–water partition coefficient (Wildman–Crippen LogP) is 7.70.